The Bertz CT molecular complexity index is 551. The minimum Gasteiger partial charge on any atom is -0.394 e. The van der Waals surface area contributed by atoms with E-state index in [1.165, 1.54) is 0 Å². The standard InChI is InChI=1S/C13H17N3O3S/c1-19-7-4-13(18)14-12-9-10(11-3-2-8-20-11)15-16(12)5-6-17/h2-3,8-9,17H,4-7H2,1H3,(H,14,18). The molecule has 0 aromatic carbocycles. The van der Waals surface area contributed by atoms with Crippen LogP contribution in [0.5, 0.6) is 0 Å². The number of nitrogens with one attached hydrogen (secondary N) is 1. The molecular formula is C13H17N3O3S. The predicted molar refractivity (Wildman–Crippen MR) is 77.7 cm³/mol. The smallest absolute Gasteiger partial charge is 0.227 e. The minimum atomic E-state index is -0.135. The molecule has 20 heavy (non-hydrogen) atoms. The second-order valence-corrected chi connectivity index (χ2v) is 5.08. The maximum Gasteiger partial charge on any atom is 0.227 e. The van der Waals surface area contributed by atoms with E-state index in [2.05, 4.69) is 10.4 Å². The van der Waals surface area contributed by atoms with E-state index < -0.39 is 0 Å². The molecule has 2 N–H and O–H groups in total. The molecule has 0 saturated carbocycles. The largest absolute Gasteiger partial charge is 0.394 e. The third-order valence-corrected chi connectivity index (χ3v) is 3.56. The summed E-state index contributed by atoms with van der Waals surface area (Å²) in [5.41, 5.74) is 0.787. The van der Waals surface area contributed by atoms with Gasteiger partial charge in [0.15, 0.2) is 0 Å². The van der Waals surface area contributed by atoms with E-state index in [1.807, 2.05) is 23.6 Å². The number of hydrogen-bond acceptors (Lipinski definition) is 5. The van der Waals surface area contributed by atoms with Crippen molar-refractivity contribution in [3.63, 3.8) is 0 Å². The molecule has 7 heteroatoms. The van der Waals surface area contributed by atoms with E-state index in [9.17, 15) is 4.79 Å². The van der Waals surface area contributed by atoms with Crippen molar-refractivity contribution in [2.75, 3.05) is 25.6 Å². The minimum absolute atomic E-state index is 0.0352. The van der Waals surface area contributed by atoms with E-state index in [4.69, 9.17) is 9.84 Å². The molecule has 0 bridgehead atoms. The van der Waals surface area contributed by atoms with Gasteiger partial charge in [0.1, 0.15) is 11.5 Å². The second-order valence-electron chi connectivity index (χ2n) is 4.13. The Balaban J connectivity index is 2.15. The van der Waals surface area contributed by atoms with Crippen molar-refractivity contribution < 1.29 is 14.6 Å². The van der Waals surface area contributed by atoms with Crippen LogP contribution in [-0.4, -0.2) is 41.1 Å². The lowest BCUT2D eigenvalue weighted by atomic mass is 10.3. The summed E-state index contributed by atoms with van der Waals surface area (Å²) in [6.07, 6.45) is 0.287. The number of rotatable bonds is 7. The molecule has 108 valence electrons. The van der Waals surface area contributed by atoms with Crippen LogP contribution in [0.15, 0.2) is 23.6 Å². The van der Waals surface area contributed by atoms with Gasteiger partial charge in [0.2, 0.25) is 5.91 Å². The van der Waals surface area contributed by atoms with Crippen molar-refractivity contribution in [3.05, 3.63) is 23.6 Å². The van der Waals surface area contributed by atoms with Crippen molar-refractivity contribution >= 4 is 23.1 Å². The van der Waals surface area contributed by atoms with E-state index in [0.29, 0.717) is 19.0 Å². The number of aliphatic hydroxyl groups excluding tert-OH is 1. The Kier molecular flexibility index (Phi) is 5.28. The molecule has 0 fully saturated rings. The molecule has 0 atom stereocenters. The third-order valence-electron chi connectivity index (χ3n) is 2.67. The fraction of sp³-hybridized carbons (Fsp3) is 0.385. The summed E-state index contributed by atoms with van der Waals surface area (Å²) in [6.45, 7) is 0.676. The molecule has 2 rings (SSSR count). The lowest BCUT2D eigenvalue weighted by molar-refractivity contribution is -0.117. The predicted octanol–water partition coefficient (Wildman–Crippen LogP) is 1.58. The highest BCUT2D eigenvalue weighted by Crippen LogP contribution is 2.26. The van der Waals surface area contributed by atoms with Crippen LogP contribution in [0.2, 0.25) is 0 Å². The van der Waals surface area contributed by atoms with Crippen LogP contribution in [0.3, 0.4) is 0 Å². The Morgan fingerprint density at radius 2 is 2.45 bits per heavy atom. The summed E-state index contributed by atoms with van der Waals surface area (Å²) in [4.78, 5) is 12.8. The van der Waals surface area contributed by atoms with Gasteiger partial charge in [-0.3, -0.25) is 4.79 Å². The van der Waals surface area contributed by atoms with Crippen molar-refractivity contribution in [1.29, 1.82) is 0 Å². The maximum atomic E-state index is 11.7. The molecule has 6 nitrogen and oxygen atoms in total. The molecular weight excluding hydrogens is 278 g/mol. The number of amides is 1. The summed E-state index contributed by atoms with van der Waals surface area (Å²) >= 11 is 1.58. The van der Waals surface area contributed by atoms with Crippen molar-refractivity contribution in [1.82, 2.24) is 9.78 Å². The van der Waals surface area contributed by atoms with Gasteiger partial charge in [-0.15, -0.1) is 11.3 Å². The summed E-state index contributed by atoms with van der Waals surface area (Å²) in [5.74, 6) is 0.451. The number of thiophene rings is 1. The van der Waals surface area contributed by atoms with Crippen LogP contribution in [0.4, 0.5) is 5.82 Å². The van der Waals surface area contributed by atoms with E-state index in [0.717, 1.165) is 10.6 Å². The molecule has 0 radical (unpaired) electrons. The average molecular weight is 295 g/mol. The summed E-state index contributed by atoms with van der Waals surface area (Å²) in [6, 6.07) is 5.72. The molecule has 0 unspecified atom stereocenters. The number of hydrogen-bond donors (Lipinski definition) is 2. The topological polar surface area (TPSA) is 76.4 Å². The maximum absolute atomic E-state index is 11.7. The van der Waals surface area contributed by atoms with E-state index >= 15 is 0 Å². The highest BCUT2D eigenvalue weighted by atomic mass is 32.1. The van der Waals surface area contributed by atoms with Crippen LogP contribution >= 0.6 is 11.3 Å². The van der Waals surface area contributed by atoms with Gasteiger partial charge in [-0.25, -0.2) is 4.68 Å². The van der Waals surface area contributed by atoms with Crippen LogP contribution in [0.1, 0.15) is 6.42 Å². The summed E-state index contributed by atoms with van der Waals surface area (Å²) < 4.78 is 6.47. The number of ether oxygens (including phenoxy) is 1. The number of methoxy groups -OCH3 is 1. The zero-order valence-corrected chi connectivity index (χ0v) is 12.0. The molecule has 0 saturated heterocycles. The molecule has 2 aromatic rings. The fourth-order valence-corrected chi connectivity index (χ4v) is 2.41. The number of aromatic nitrogens is 2. The Morgan fingerprint density at radius 3 is 3.10 bits per heavy atom. The average Bonchev–Trinajstić information content (AvgIpc) is 3.07. The number of carbonyl (C=O) groups is 1. The quantitative estimate of drug-likeness (QED) is 0.813. The highest BCUT2D eigenvalue weighted by molar-refractivity contribution is 7.13. The Morgan fingerprint density at radius 1 is 1.60 bits per heavy atom. The van der Waals surface area contributed by atoms with Gasteiger partial charge in [-0.05, 0) is 11.4 Å². The fourth-order valence-electron chi connectivity index (χ4n) is 1.73. The van der Waals surface area contributed by atoms with Crippen molar-refractivity contribution in [2.45, 2.75) is 13.0 Å². The first-order valence-electron chi connectivity index (χ1n) is 6.26. The third kappa shape index (κ3) is 3.66. The zero-order valence-electron chi connectivity index (χ0n) is 11.2. The van der Waals surface area contributed by atoms with Gasteiger partial charge in [0, 0.05) is 13.2 Å². The first kappa shape index (κ1) is 14.7. The van der Waals surface area contributed by atoms with Gasteiger partial charge in [0.25, 0.3) is 0 Å². The molecule has 0 aliphatic heterocycles. The van der Waals surface area contributed by atoms with Crippen LogP contribution in [-0.2, 0) is 16.1 Å². The zero-order chi connectivity index (χ0) is 14.4. The molecule has 2 aromatic heterocycles. The van der Waals surface area contributed by atoms with Gasteiger partial charge in [-0.1, -0.05) is 6.07 Å². The molecule has 1 amide bonds. The van der Waals surface area contributed by atoms with Crippen LogP contribution in [0.25, 0.3) is 10.6 Å². The summed E-state index contributed by atoms with van der Waals surface area (Å²) in [5, 5.41) is 18.2. The summed E-state index contributed by atoms with van der Waals surface area (Å²) in [7, 11) is 1.55. The van der Waals surface area contributed by atoms with Crippen molar-refractivity contribution in [3.8, 4) is 10.6 Å². The van der Waals surface area contributed by atoms with Crippen molar-refractivity contribution in [2.24, 2.45) is 0 Å². The number of aliphatic hydroxyl groups is 1. The molecule has 2 heterocycles. The number of carbonyl (C=O) groups excluding carboxylic acids is 1. The van der Waals surface area contributed by atoms with Gasteiger partial charge < -0.3 is 15.2 Å². The lowest BCUT2D eigenvalue weighted by Gasteiger charge is -2.07. The van der Waals surface area contributed by atoms with E-state index in [-0.39, 0.29) is 18.9 Å². The monoisotopic (exact) mass is 295 g/mol. The molecule has 0 aliphatic rings. The van der Waals surface area contributed by atoms with Crippen LogP contribution < -0.4 is 5.32 Å². The van der Waals surface area contributed by atoms with Gasteiger partial charge >= 0.3 is 0 Å². The highest BCUT2D eigenvalue weighted by Gasteiger charge is 2.12. The number of anilines is 1. The molecule has 0 spiro atoms. The first-order chi connectivity index (χ1) is 9.74. The second kappa shape index (κ2) is 7.18. The van der Waals surface area contributed by atoms with Gasteiger partial charge in [0.05, 0.1) is 31.1 Å². The van der Waals surface area contributed by atoms with E-state index in [1.54, 1.807) is 23.1 Å². The first-order valence-corrected chi connectivity index (χ1v) is 7.14. The SMILES string of the molecule is COCCC(=O)Nc1cc(-c2cccs2)nn1CCO. The Labute approximate surface area is 121 Å². The normalized spacial score (nSPS) is 10.7. The van der Waals surface area contributed by atoms with Gasteiger partial charge in [-0.2, -0.15) is 5.10 Å². The number of nitrogens with zero attached hydrogens (tertiary/aromatic N) is 2. The lowest BCUT2D eigenvalue weighted by Crippen LogP contribution is -2.17. The molecule has 0 aliphatic carbocycles. The Hall–Kier alpha value is -1.70. The van der Waals surface area contributed by atoms with Crippen LogP contribution in [0, 0.1) is 0 Å².